The number of methoxy groups -OCH3 is 2. The fraction of sp³-hybridized carbons (Fsp3) is 0.250. The average Bonchev–Trinajstić information content (AvgIpc) is 2.78. The number of aryl methyl sites for hydroxylation is 1. The molecule has 2 aromatic rings. The highest BCUT2D eigenvalue weighted by Gasteiger charge is 2.13. The normalized spacial score (nSPS) is 10.2. The lowest BCUT2D eigenvalue weighted by Gasteiger charge is -2.10. The Bertz CT molecular complexity index is 581. The molecule has 1 heterocycles. The van der Waals surface area contributed by atoms with E-state index in [0.29, 0.717) is 5.75 Å². The first-order valence-corrected chi connectivity index (χ1v) is 5.78. The van der Waals surface area contributed by atoms with Crippen molar-refractivity contribution in [3.63, 3.8) is 0 Å². The molecule has 0 N–H and O–H groups in total. The van der Waals surface area contributed by atoms with Crippen LogP contribution in [0.25, 0.3) is 5.69 Å². The molecule has 2 rings (SSSR count). The van der Waals surface area contributed by atoms with Crippen LogP contribution < -0.4 is 9.47 Å². The molecule has 0 radical (unpaired) electrons. The van der Waals surface area contributed by atoms with E-state index in [-0.39, 0.29) is 0 Å². The lowest BCUT2D eigenvalue weighted by atomic mass is 10.2. The van der Waals surface area contributed by atoms with E-state index in [1.54, 1.807) is 30.3 Å². The molecule has 0 spiro atoms. The average molecular weight is 263 g/mol. The Morgan fingerprint density at radius 2 is 2.06 bits per heavy atom. The lowest BCUT2D eigenvalue weighted by molar-refractivity contribution is 0.392. The van der Waals surface area contributed by atoms with Crippen LogP contribution in [0, 0.1) is 6.92 Å². The molecule has 0 bridgehead atoms. The molecule has 0 aliphatic heterocycles. The van der Waals surface area contributed by atoms with E-state index in [2.05, 4.69) is 10.3 Å². The molecule has 0 atom stereocenters. The van der Waals surface area contributed by atoms with Crippen molar-refractivity contribution in [2.24, 2.45) is 0 Å². The van der Waals surface area contributed by atoms with Crippen molar-refractivity contribution in [3.05, 3.63) is 29.6 Å². The topological polar surface area (TPSA) is 49.2 Å². The van der Waals surface area contributed by atoms with E-state index in [1.807, 2.05) is 19.1 Å². The zero-order valence-corrected chi connectivity index (χ0v) is 11.2. The Hall–Kier alpha value is -1.95. The number of rotatable bonds is 4. The number of ether oxygens (including phenoxy) is 2. The van der Waals surface area contributed by atoms with Gasteiger partial charge in [0.05, 0.1) is 19.9 Å². The standard InChI is InChI=1S/C12H13N3O2S/c1-8-11(7-18)15(14-13-8)10-5-4-9(16-2)6-12(10)17-3/h4-7H,1-3H3. The van der Waals surface area contributed by atoms with Gasteiger partial charge in [-0.15, -0.1) is 5.10 Å². The summed E-state index contributed by atoms with van der Waals surface area (Å²) >= 11 is 4.98. The van der Waals surface area contributed by atoms with Gasteiger partial charge in [-0.1, -0.05) is 17.4 Å². The minimum atomic E-state index is 0.650. The van der Waals surface area contributed by atoms with Gasteiger partial charge in [0.1, 0.15) is 22.9 Å². The van der Waals surface area contributed by atoms with E-state index in [0.717, 1.165) is 22.8 Å². The van der Waals surface area contributed by atoms with Gasteiger partial charge in [-0.2, -0.15) is 0 Å². The number of aromatic nitrogens is 3. The molecule has 0 saturated carbocycles. The molecule has 0 amide bonds. The van der Waals surface area contributed by atoms with Gasteiger partial charge in [0.25, 0.3) is 0 Å². The number of benzene rings is 1. The number of hydrogen-bond donors (Lipinski definition) is 0. The zero-order chi connectivity index (χ0) is 13.1. The van der Waals surface area contributed by atoms with Crippen LogP contribution in [-0.4, -0.2) is 34.6 Å². The lowest BCUT2D eigenvalue weighted by Crippen LogP contribution is -2.04. The predicted octanol–water partition coefficient (Wildman–Crippen LogP) is 1.94. The molecule has 18 heavy (non-hydrogen) atoms. The summed E-state index contributed by atoms with van der Waals surface area (Å²) in [5.41, 5.74) is 2.33. The summed E-state index contributed by atoms with van der Waals surface area (Å²) in [7, 11) is 3.20. The maximum atomic E-state index is 5.33. The van der Waals surface area contributed by atoms with Gasteiger partial charge in [0.15, 0.2) is 0 Å². The molecule has 1 aromatic carbocycles. The molecule has 1 aromatic heterocycles. The molecule has 5 nitrogen and oxygen atoms in total. The van der Waals surface area contributed by atoms with Crippen molar-refractivity contribution >= 4 is 17.6 Å². The third-order valence-electron chi connectivity index (χ3n) is 2.61. The molecule has 0 unspecified atom stereocenters. The molecular weight excluding hydrogens is 250 g/mol. The molecule has 94 valence electrons. The van der Waals surface area contributed by atoms with Crippen molar-refractivity contribution in [2.75, 3.05) is 14.2 Å². The fourth-order valence-corrected chi connectivity index (χ4v) is 1.91. The monoisotopic (exact) mass is 263 g/mol. The van der Waals surface area contributed by atoms with Crippen molar-refractivity contribution in [2.45, 2.75) is 6.92 Å². The quantitative estimate of drug-likeness (QED) is 0.789. The van der Waals surface area contributed by atoms with Crippen molar-refractivity contribution < 1.29 is 9.47 Å². The molecule has 0 saturated heterocycles. The van der Waals surface area contributed by atoms with Gasteiger partial charge in [-0.05, 0) is 19.1 Å². The summed E-state index contributed by atoms with van der Waals surface area (Å²) in [6.45, 7) is 1.86. The molecule has 0 aliphatic carbocycles. The Morgan fingerprint density at radius 3 is 2.67 bits per heavy atom. The van der Waals surface area contributed by atoms with E-state index in [4.69, 9.17) is 21.7 Å². The van der Waals surface area contributed by atoms with Crippen LogP contribution in [0.2, 0.25) is 0 Å². The van der Waals surface area contributed by atoms with E-state index in [1.165, 1.54) is 0 Å². The zero-order valence-electron chi connectivity index (χ0n) is 10.4. The SMILES string of the molecule is COc1ccc(-n2nnc(C)c2C=S)c(OC)c1. The maximum absolute atomic E-state index is 5.33. The predicted molar refractivity (Wildman–Crippen MR) is 72.0 cm³/mol. The van der Waals surface area contributed by atoms with Crippen LogP contribution in [-0.2, 0) is 0 Å². The van der Waals surface area contributed by atoms with Gasteiger partial charge >= 0.3 is 0 Å². The first-order chi connectivity index (χ1) is 8.71. The summed E-state index contributed by atoms with van der Waals surface area (Å²) in [4.78, 5) is 0. The number of nitrogens with zero attached hydrogens (tertiary/aromatic N) is 3. The molecule has 6 heteroatoms. The van der Waals surface area contributed by atoms with Crippen molar-refractivity contribution in [1.82, 2.24) is 15.0 Å². The molecular formula is C12H13N3O2S. The Morgan fingerprint density at radius 1 is 1.28 bits per heavy atom. The van der Waals surface area contributed by atoms with Crippen LogP contribution in [0.5, 0.6) is 11.5 Å². The number of hydrogen-bond acceptors (Lipinski definition) is 5. The van der Waals surface area contributed by atoms with Gasteiger partial charge < -0.3 is 9.47 Å². The van der Waals surface area contributed by atoms with Crippen molar-refractivity contribution in [3.8, 4) is 17.2 Å². The first kappa shape index (κ1) is 12.5. The van der Waals surface area contributed by atoms with Crippen LogP contribution >= 0.6 is 12.2 Å². The van der Waals surface area contributed by atoms with E-state index >= 15 is 0 Å². The Kier molecular flexibility index (Phi) is 3.57. The summed E-state index contributed by atoms with van der Waals surface area (Å²) in [6.07, 6.45) is 0. The highest BCUT2D eigenvalue weighted by atomic mass is 32.1. The minimum absolute atomic E-state index is 0.650. The van der Waals surface area contributed by atoms with Gasteiger partial charge in [0.2, 0.25) is 0 Å². The number of thiocarbonyl (C=S) groups is 1. The fourth-order valence-electron chi connectivity index (χ4n) is 1.64. The van der Waals surface area contributed by atoms with E-state index < -0.39 is 0 Å². The van der Waals surface area contributed by atoms with Gasteiger partial charge in [-0.25, -0.2) is 4.68 Å². The minimum Gasteiger partial charge on any atom is -0.497 e. The van der Waals surface area contributed by atoms with Crippen LogP contribution in [0.4, 0.5) is 0 Å². The summed E-state index contributed by atoms with van der Waals surface area (Å²) < 4.78 is 12.1. The largest absolute Gasteiger partial charge is 0.497 e. The second-order valence-electron chi connectivity index (χ2n) is 3.63. The van der Waals surface area contributed by atoms with Gasteiger partial charge in [-0.3, -0.25) is 0 Å². The summed E-state index contributed by atoms with van der Waals surface area (Å²) in [6, 6.07) is 5.48. The molecule has 0 aliphatic rings. The highest BCUT2D eigenvalue weighted by molar-refractivity contribution is 7.79. The summed E-state index contributed by atoms with van der Waals surface area (Å²) in [5.74, 6) is 1.37. The van der Waals surface area contributed by atoms with Crippen LogP contribution in [0.3, 0.4) is 0 Å². The third-order valence-corrected chi connectivity index (χ3v) is 2.83. The van der Waals surface area contributed by atoms with Gasteiger partial charge in [0, 0.05) is 11.4 Å². The van der Waals surface area contributed by atoms with Crippen LogP contribution in [0.1, 0.15) is 11.4 Å². The van der Waals surface area contributed by atoms with E-state index in [9.17, 15) is 0 Å². The van der Waals surface area contributed by atoms with Crippen molar-refractivity contribution in [1.29, 1.82) is 0 Å². The first-order valence-electron chi connectivity index (χ1n) is 5.31. The summed E-state index contributed by atoms with van der Waals surface area (Å²) in [5, 5.41) is 9.63. The Balaban J connectivity index is 2.59. The highest BCUT2D eigenvalue weighted by Crippen LogP contribution is 2.28. The second kappa shape index (κ2) is 5.14. The maximum Gasteiger partial charge on any atom is 0.148 e. The second-order valence-corrected chi connectivity index (χ2v) is 3.86. The third kappa shape index (κ3) is 2.06. The molecule has 0 fully saturated rings. The smallest absolute Gasteiger partial charge is 0.148 e. The Labute approximate surface area is 110 Å². The van der Waals surface area contributed by atoms with Crippen LogP contribution in [0.15, 0.2) is 18.2 Å².